The van der Waals surface area contributed by atoms with Crippen LogP contribution in [0.25, 0.3) is 0 Å². The molecule has 0 aliphatic carbocycles. The number of aryl methyl sites for hydroxylation is 1. The molecule has 1 aromatic rings. The molecule has 0 bridgehead atoms. The molecule has 0 aromatic heterocycles. The molecule has 0 aliphatic heterocycles. The van der Waals surface area contributed by atoms with Crippen LogP contribution in [0, 0.1) is 12.7 Å². The monoisotopic (exact) mass is 254 g/mol. The third kappa shape index (κ3) is 5.98. The van der Waals surface area contributed by atoms with Gasteiger partial charge in [-0.3, -0.25) is 0 Å². The van der Waals surface area contributed by atoms with Crippen molar-refractivity contribution in [2.45, 2.75) is 13.3 Å². The van der Waals surface area contributed by atoms with Crippen molar-refractivity contribution in [2.24, 2.45) is 0 Å². The molecule has 4 heteroatoms. The maximum Gasteiger partial charge on any atom is 0.165 e. The van der Waals surface area contributed by atoms with Crippen LogP contribution >= 0.6 is 0 Å². The normalized spacial score (nSPS) is 10.9. The van der Waals surface area contributed by atoms with E-state index in [2.05, 4.69) is 24.3 Å². The summed E-state index contributed by atoms with van der Waals surface area (Å²) in [7, 11) is 4.12. The van der Waals surface area contributed by atoms with Crippen molar-refractivity contribution in [3.8, 4) is 5.75 Å². The van der Waals surface area contributed by atoms with Gasteiger partial charge in [0.25, 0.3) is 0 Å². The fraction of sp³-hybridized carbons (Fsp3) is 0.571. The summed E-state index contributed by atoms with van der Waals surface area (Å²) in [5.41, 5.74) is 1.00. The maximum absolute atomic E-state index is 13.3. The minimum absolute atomic E-state index is 0.298. The van der Waals surface area contributed by atoms with Gasteiger partial charge in [-0.05, 0) is 58.2 Å². The Bertz CT molecular complexity index is 356. The second kappa shape index (κ2) is 8.06. The van der Waals surface area contributed by atoms with E-state index in [-0.39, 0.29) is 5.82 Å². The lowest BCUT2D eigenvalue weighted by atomic mass is 10.2. The van der Waals surface area contributed by atoms with Crippen molar-refractivity contribution in [3.05, 3.63) is 29.6 Å². The minimum atomic E-state index is -0.298. The average Bonchev–Trinajstić information content (AvgIpc) is 2.32. The Labute approximate surface area is 109 Å². The van der Waals surface area contributed by atoms with Crippen LogP contribution in [-0.2, 0) is 0 Å². The molecule has 18 heavy (non-hydrogen) atoms. The van der Waals surface area contributed by atoms with Gasteiger partial charge >= 0.3 is 0 Å². The Morgan fingerprint density at radius 1 is 1.28 bits per heavy atom. The van der Waals surface area contributed by atoms with Gasteiger partial charge in [0.05, 0.1) is 0 Å². The number of rotatable bonds is 8. The number of halogens is 1. The van der Waals surface area contributed by atoms with Gasteiger partial charge in [0, 0.05) is 6.54 Å². The van der Waals surface area contributed by atoms with E-state index < -0.39 is 0 Å². The highest BCUT2D eigenvalue weighted by Crippen LogP contribution is 2.17. The predicted molar refractivity (Wildman–Crippen MR) is 72.7 cm³/mol. The lowest BCUT2D eigenvalue weighted by Gasteiger charge is -2.11. The molecule has 0 unspecified atom stereocenters. The molecule has 1 aromatic carbocycles. The molecular formula is C14H23FN2O. The van der Waals surface area contributed by atoms with Crippen LogP contribution in [0.4, 0.5) is 4.39 Å². The second-order valence-electron chi connectivity index (χ2n) is 4.69. The Morgan fingerprint density at radius 2 is 2.06 bits per heavy atom. The topological polar surface area (TPSA) is 24.5 Å². The van der Waals surface area contributed by atoms with Crippen molar-refractivity contribution in [3.63, 3.8) is 0 Å². The van der Waals surface area contributed by atoms with Crippen molar-refractivity contribution >= 4 is 0 Å². The molecule has 1 N–H and O–H groups in total. The molecule has 0 amide bonds. The number of nitrogens with one attached hydrogen (secondary N) is 1. The lowest BCUT2D eigenvalue weighted by Crippen LogP contribution is -2.25. The van der Waals surface area contributed by atoms with Crippen LogP contribution < -0.4 is 10.1 Å². The highest BCUT2D eigenvalue weighted by Gasteiger charge is 2.02. The SMILES string of the molecule is Cc1ccc(F)c(OCCNCCCN(C)C)c1. The van der Waals surface area contributed by atoms with Gasteiger partial charge in [-0.25, -0.2) is 4.39 Å². The zero-order chi connectivity index (χ0) is 13.4. The molecule has 1 rings (SSSR count). The number of benzene rings is 1. The van der Waals surface area contributed by atoms with E-state index in [1.54, 1.807) is 12.1 Å². The smallest absolute Gasteiger partial charge is 0.165 e. The zero-order valence-corrected chi connectivity index (χ0v) is 11.5. The van der Waals surface area contributed by atoms with Crippen molar-refractivity contribution < 1.29 is 9.13 Å². The van der Waals surface area contributed by atoms with E-state index in [4.69, 9.17) is 4.74 Å². The average molecular weight is 254 g/mol. The van der Waals surface area contributed by atoms with Gasteiger partial charge in [-0.2, -0.15) is 0 Å². The van der Waals surface area contributed by atoms with Crippen molar-refractivity contribution in [1.29, 1.82) is 0 Å². The number of hydrogen-bond donors (Lipinski definition) is 1. The van der Waals surface area contributed by atoms with Gasteiger partial charge in [0.1, 0.15) is 6.61 Å². The summed E-state index contributed by atoms with van der Waals surface area (Å²) in [5, 5.41) is 3.27. The summed E-state index contributed by atoms with van der Waals surface area (Å²) in [5.74, 6) is 0.0401. The van der Waals surface area contributed by atoms with Crippen LogP contribution in [0.3, 0.4) is 0 Å². The first-order valence-corrected chi connectivity index (χ1v) is 6.34. The highest BCUT2D eigenvalue weighted by atomic mass is 19.1. The van der Waals surface area contributed by atoms with Gasteiger partial charge in [0.15, 0.2) is 11.6 Å². The number of hydrogen-bond acceptors (Lipinski definition) is 3. The quantitative estimate of drug-likeness (QED) is 0.719. The maximum atomic E-state index is 13.3. The molecular weight excluding hydrogens is 231 g/mol. The van der Waals surface area contributed by atoms with E-state index in [1.165, 1.54) is 6.07 Å². The van der Waals surface area contributed by atoms with Gasteiger partial charge in [0.2, 0.25) is 0 Å². The first kappa shape index (κ1) is 14.9. The molecule has 0 fully saturated rings. The summed E-state index contributed by atoms with van der Waals surface area (Å²) in [6.45, 7) is 5.17. The Hall–Kier alpha value is -1.13. The van der Waals surface area contributed by atoms with Crippen LogP contribution in [0.5, 0.6) is 5.75 Å². The van der Waals surface area contributed by atoms with Crippen LogP contribution in [-0.4, -0.2) is 45.2 Å². The summed E-state index contributed by atoms with van der Waals surface area (Å²) in [4.78, 5) is 2.15. The van der Waals surface area contributed by atoms with Gasteiger partial charge in [-0.1, -0.05) is 6.07 Å². The van der Waals surface area contributed by atoms with E-state index in [1.807, 2.05) is 6.92 Å². The predicted octanol–water partition coefficient (Wildman–Crippen LogP) is 2.05. The van der Waals surface area contributed by atoms with Crippen LogP contribution in [0.2, 0.25) is 0 Å². The molecule has 0 saturated carbocycles. The fourth-order valence-corrected chi connectivity index (χ4v) is 1.60. The summed E-state index contributed by atoms with van der Waals surface area (Å²) < 4.78 is 18.7. The Kier molecular flexibility index (Phi) is 6.68. The van der Waals surface area contributed by atoms with Crippen molar-refractivity contribution in [1.82, 2.24) is 10.2 Å². The van der Waals surface area contributed by atoms with Gasteiger partial charge < -0.3 is 15.0 Å². The third-order valence-corrected chi connectivity index (χ3v) is 2.58. The van der Waals surface area contributed by atoms with E-state index in [9.17, 15) is 4.39 Å². The van der Waals surface area contributed by atoms with E-state index >= 15 is 0 Å². The number of nitrogens with zero attached hydrogens (tertiary/aromatic N) is 1. The van der Waals surface area contributed by atoms with E-state index in [0.717, 1.165) is 31.6 Å². The van der Waals surface area contributed by atoms with Crippen molar-refractivity contribution in [2.75, 3.05) is 40.3 Å². The molecule has 0 radical (unpaired) electrons. The first-order chi connectivity index (χ1) is 8.59. The van der Waals surface area contributed by atoms with Crippen LogP contribution in [0.15, 0.2) is 18.2 Å². The molecule has 0 saturated heterocycles. The standard InChI is InChI=1S/C14H23FN2O/c1-12-5-6-13(15)14(11-12)18-10-8-16-7-4-9-17(2)3/h5-6,11,16H,4,7-10H2,1-3H3. The van der Waals surface area contributed by atoms with E-state index in [0.29, 0.717) is 12.4 Å². The highest BCUT2D eigenvalue weighted by molar-refractivity contribution is 5.29. The molecule has 102 valence electrons. The Morgan fingerprint density at radius 3 is 2.78 bits per heavy atom. The molecule has 0 spiro atoms. The summed E-state index contributed by atoms with van der Waals surface area (Å²) >= 11 is 0. The molecule has 0 heterocycles. The minimum Gasteiger partial charge on any atom is -0.489 e. The Balaban J connectivity index is 2.12. The largest absolute Gasteiger partial charge is 0.489 e. The second-order valence-corrected chi connectivity index (χ2v) is 4.69. The van der Waals surface area contributed by atoms with Crippen LogP contribution in [0.1, 0.15) is 12.0 Å². The molecule has 0 aliphatic rings. The first-order valence-electron chi connectivity index (χ1n) is 6.34. The lowest BCUT2D eigenvalue weighted by molar-refractivity contribution is 0.296. The fourth-order valence-electron chi connectivity index (χ4n) is 1.60. The summed E-state index contributed by atoms with van der Waals surface area (Å²) in [6.07, 6.45) is 1.10. The molecule has 0 atom stereocenters. The zero-order valence-electron chi connectivity index (χ0n) is 11.5. The van der Waals surface area contributed by atoms with Gasteiger partial charge in [-0.15, -0.1) is 0 Å². The third-order valence-electron chi connectivity index (χ3n) is 2.58. The molecule has 3 nitrogen and oxygen atoms in total. The number of ether oxygens (including phenoxy) is 1. The summed E-state index contributed by atoms with van der Waals surface area (Å²) in [6, 6.07) is 4.90.